The van der Waals surface area contributed by atoms with E-state index in [0.29, 0.717) is 30.2 Å². The molecule has 1 fully saturated rings. The lowest BCUT2D eigenvalue weighted by molar-refractivity contribution is -0.384. The summed E-state index contributed by atoms with van der Waals surface area (Å²) in [5, 5.41) is 13.6. The molecule has 0 aliphatic carbocycles. The molecule has 0 atom stereocenters. The van der Waals surface area contributed by atoms with Crippen LogP contribution in [0.15, 0.2) is 48.2 Å². The fraction of sp³-hybridized carbons (Fsp3) is 0.304. The Hall–Kier alpha value is -3.92. The van der Waals surface area contributed by atoms with E-state index in [4.69, 9.17) is 9.47 Å². The first-order valence-electron chi connectivity index (χ1n) is 10.3. The minimum atomic E-state index is -0.497. The molecule has 0 spiro atoms. The number of likely N-dealkylation sites (N-methyl/N-ethyl adjacent to an activating group) is 1. The Kier molecular flexibility index (Phi) is 7.62. The van der Waals surface area contributed by atoms with Gasteiger partial charge in [-0.2, -0.15) is 0 Å². The van der Waals surface area contributed by atoms with Crippen LogP contribution in [0.4, 0.5) is 5.69 Å². The maximum atomic E-state index is 13.2. The van der Waals surface area contributed by atoms with E-state index in [0.717, 1.165) is 13.1 Å². The van der Waals surface area contributed by atoms with E-state index in [1.54, 1.807) is 17.0 Å². The van der Waals surface area contributed by atoms with Crippen LogP contribution < -0.4 is 14.8 Å². The van der Waals surface area contributed by atoms with E-state index in [1.807, 2.05) is 7.05 Å². The standard InChI is InChI=1S/C23H26N4O6/c1-25-10-12-26(13-11-25)23(29)19(14-16-4-7-18(8-5-16)27(30)31)24-22(28)17-6-9-20(32-2)21(15-17)33-3/h4-9,14-15H,10-13H2,1-3H3,(H,24,28). The summed E-state index contributed by atoms with van der Waals surface area (Å²) in [5.41, 5.74) is 0.848. The summed E-state index contributed by atoms with van der Waals surface area (Å²) in [4.78, 5) is 40.4. The van der Waals surface area contributed by atoms with Crippen LogP contribution in [0.3, 0.4) is 0 Å². The first-order valence-corrected chi connectivity index (χ1v) is 10.3. The lowest BCUT2D eigenvalue weighted by atomic mass is 10.1. The van der Waals surface area contributed by atoms with Gasteiger partial charge in [-0.15, -0.1) is 0 Å². The van der Waals surface area contributed by atoms with Crippen LogP contribution in [0.5, 0.6) is 11.5 Å². The van der Waals surface area contributed by atoms with Gasteiger partial charge in [0.25, 0.3) is 17.5 Å². The number of rotatable bonds is 7. The Balaban J connectivity index is 1.90. The zero-order valence-corrected chi connectivity index (χ0v) is 18.7. The zero-order chi connectivity index (χ0) is 24.0. The van der Waals surface area contributed by atoms with Gasteiger partial charge >= 0.3 is 0 Å². The molecule has 0 unspecified atom stereocenters. The van der Waals surface area contributed by atoms with Crippen LogP contribution in [0, 0.1) is 10.1 Å². The number of hydrogen-bond donors (Lipinski definition) is 1. The summed E-state index contributed by atoms with van der Waals surface area (Å²) < 4.78 is 10.5. The molecule has 0 bridgehead atoms. The molecule has 3 rings (SSSR count). The summed E-state index contributed by atoms with van der Waals surface area (Å²) in [7, 11) is 4.95. The second-order valence-corrected chi connectivity index (χ2v) is 7.53. The average molecular weight is 454 g/mol. The lowest BCUT2D eigenvalue weighted by Gasteiger charge is -2.33. The predicted molar refractivity (Wildman–Crippen MR) is 122 cm³/mol. The number of nitro groups is 1. The molecule has 33 heavy (non-hydrogen) atoms. The van der Waals surface area contributed by atoms with Gasteiger partial charge in [0.05, 0.1) is 19.1 Å². The number of nitrogens with one attached hydrogen (secondary N) is 1. The summed E-state index contributed by atoms with van der Waals surface area (Å²) in [6.45, 7) is 2.50. The Morgan fingerprint density at radius 1 is 1.00 bits per heavy atom. The van der Waals surface area contributed by atoms with Crippen molar-refractivity contribution in [3.8, 4) is 11.5 Å². The number of piperazine rings is 1. The van der Waals surface area contributed by atoms with Crippen molar-refractivity contribution >= 4 is 23.6 Å². The normalized spacial score (nSPS) is 14.5. The lowest BCUT2D eigenvalue weighted by Crippen LogP contribution is -2.49. The van der Waals surface area contributed by atoms with Crippen molar-refractivity contribution in [2.45, 2.75) is 0 Å². The van der Waals surface area contributed by atoms with Crippen molar-refractivity contribution in [2.75, 3.05) is 47.4 Å². The van der Waals surface area contributed by atoms with Gasteiger partial charge < -0.3 is 24.6 Å². The predicted octanol–water partition coefficient (Wildman–Crippen LogP) is 2.16. The number of carbonyl (C=O) groups excluding carboxylic acids is 2. The molecule has 1 heterocycles. The maximum absolute atomic E-state index is 13.2. The molecule has 0 saturated carbocycles. The van der Waals surface area contributed by atoms with Gasteiger partial charge in [-0.05, 0) is 49.0 Å². The topological polar surface area (TPSA) is 114 Å². The molecule has 2 aromatic rings. The highest BCUT2D eigenvalue weighted by Crippen LogP contribution is 2.27. The third-order valence-electron chi connectivity index (χ3n) is 5.33. The van der Waals surface area contributed by atoms with Crippen LogP contribution in [-0.4, -0.2) is 74.0 Å². The number of ether oxygens (including phenoxy) is 2. The summed E-state index contributed by atoms with van der Waals surface area (Å²) in [6.07, 6.45) is 1.52. The molecule has 0 aromatic heterocycles. The second-order valence-electron chi connectivity index (χ2n) is 7.53. The molecular formula is C23H26N4O6. The van der Waals surface area contributed by atoms with E-state index < -0.39 is 10.8 Å². The number of hydrogen-bond acceptors (Lipinski definition) is 7. The maximum Gasteiger partial charge on any atom is 0.270 e. The fourth-order valence-electron chi connectivity index (χ4n) is 3.36. The number of non-ortho nitro benzene ring substituents is 1. The van der Waals surface area contributed by atoms with Crippen molar-refractivity contribution in [2.24, 2.45) is 0 Å². The third kappa shape index (κ3) is 5.86. The highest BCUT2D eigenvalue weighted by atomic mass is 16.6. The minimum Gasteiger partial charge on any atom is -0.493 e. The monoisotopic (exact) mass is 454 g/mol. The quantitative estimate of drug-likeness (QED) is 0.387. The molecule has 10 nitrogen and oxygen atoms in total. The molecule has 10 heteroatoms. The van der Waals surface area contributed by atoms with Crippen LogP contribution in [-0.2, 0) is 4.79 Å². The van der Waals surface area contributed by atoms with E-state index in [-0.39, 0.29) is 22.9 Å². The van der Waals surface area contributed by atoms with Crippen molar-refractivity contribution in [1.29, 1.82) is 0 Å². The largest absolute Gasteiger partial charge is 0.493 e. The smallest absolute Gasteiger partial charge is 0.270 e. The summed E-state index contributed by atoms with van der Waals surface area (Å²) >= 11 is 0. The number of methoxy groups -OCH3 is 2. The average Bonchev–Trinajstić information content (AvgIpc) is 2.83. The molecule has 174 valence electrons. The van der Waals surface area contributed by atoms with E-state index in [1.165, 1.54) is 50.6 Å². The number of carbonyl (C=O) groups is 2. The third-order valence-corrected chi connectivity index (χ3v) is 5.33. The first-order chi connectivity index (χ1) is 15.8. The molecule has 1 aliphatic rings. The molecule has 2 aromatic carbocycles. The SMILES string of the molecule is COc1ccc(C(=O)NC(=Cc2ccc([N+](=O)[O-])cc2)C(=O)N2CCN(C)CC2)cc1OC. The van der Waals surface area contributed by atoms with Crippen molar-refractivity contribution in [3.05, 3.63) is 69.4 Å². The molecular weight excluding hydrogens is 428 g/mol. The van der Waals surface area contributed by atoms with Crippen LogP contribution >= 0.6 is 0 Å². The number of nitrogens with zero attached hydrogens (tertiary/aromatic N) is 3. The van der Waals surface area contributed by atoms with E-state index >= 15 is 0 Å². The summed E-state index contributed by atoms with van der Waals surface area (Å²) in [5.74, 6) is 0.0440. The van der Waals surface area contributed by atoms with Gasteiger partial charge in [0.15, 0.2) is 11.5 Å². The first kappa shape index (κ1) is 23.7. The highest BCUT2D eigenvalue weighted by Gasteiger charge is 2.24. The van der Waals surface area contributed by atoms with Crippen LogP contribution in [0.1, 0.15) is 15.9 Å². The number of amides is 2. The van der Waals surface area contributed by atoms with E-state index in [9.17, 15) is 19.7 Å². The molecule has 1 saturated heterocycles. The van der Waals surface area contributed by atoms with Gasteiger partial charge in [0.2, 0.25) is 0 Å². The van der Waals surface area contributed by atoms with Crippen LogP contribution in [0.25, 0.3) is 6.08 Å². The molecule has 1 aliphatic heterocycles. The van der Waals surface area contributed by atoms with Gasteiger partial charge in [0, 0.05) is 43.9 Å². The Morgan fingerprint density at radius 3 is 2.21 bits per heavy atom. The Morgan fingerprint density at radius 2 is 1.64 bits per heavy atom. The van der Waals surface area contributed by atoms with E-state index in [2.05, 4.69) is 10.2 Å². The van der Waals surface area contributed by atoms with Crippen LogP contribution in [0.2, 0.25) is 0 Å². The summed E-state index contributed by atoms with van der Waals surface area (Å²) in [6, 6.07) is 10.4. The Labute approximate surface area is 191 Å². The second kappa shape index (κ2) is 10.6. The van der Waals surface area contributed by atoms with Crippen molar-refractivity contribution in [3.63, 3.8) is 0 Å². The van der Waals surface area contributed by atoms with Gasteiger partial charge in [0.1, 0.15) is 5.70 Å². The molecule has 1 N–H and O–H groups in total. The van der Waals surface area contributed by atoms with Gasteiger partial charge in [-0.3, -0.25) is 19.7 Å². The minimum absolute atomic E-state index is 0.0616. The highest BCUT2D eigenvalue weighted by molar-refractivity contribution is 6.05. The fourth-order valence-corrected chi connectivity index (χ4v) is 3.36. The number of benzene rings is 2. The Bertz CT molecular complexity index is 1060. The molecule has 2 amide bonds. The van der Waals surface area contributed by atoms with Crippen molar-refractivity contribution < 1.29 is 24.0 Å². The number of nitro benzene ring substituents is 1. The van der Waals surface area contributed by atoms with Gasteiger partial charge in [-0.25, -0.2) is 0 Å². The van der Waals surface area contributed by atoms with Gasteiger partial charge in [-0.1, -0.05) is 0 Å². The molecule has 0 radical (unpaired) electrons. The van der Waals surface area contributed by atoms with Crippen molar-refractivity contribution in [1.82, 2.24) is 15.1 Å². The zero-order valence-electron chi connectivity index (χ0n) is 18.7.